The molecule has 0 bridgehead atoms. The number of halogens is 1. The number of rotatable bonds is 4. The van der Waals surface area contributed by atoms with Crippen LogP contribution in [0.3, 0.4) is 0 Å². The maximum Gasteiger partial charge on any atom is 0.123 e. The zero-order valence-electron chi connectivity index (χ0n) is 9.78. The Kier molecular flexibility index (Phi) is 4.71. The molecule has 0 aromatic heterocycles. The van der Waals surface area contributed by atoms with E-state index in [-0.39, 0.29) is 11.7 Å². The van der Waals surface area contributed by atoms with Gasteiger partial charge in [0.1, 0.15) is 5.82 Å². The molecule has 0 saturated carbocycles. The van der Waals surface area contributed by atoms with Crippen molar-refractivity contribution in [1.82, 2.24) is 0 Å². The molecule has 0 nitrogen and oxygen atoms in total. The zero-order valence-corrected chi connectivity index (χ0v) is 9.78. The molecule has 0 aliphatic carbocycles. The van der Waals surface area contributed by atoms with Gasteiger partial charge >= 0.3 is 0 Å². The molecule has 1 unspecified atom stereocenters. The molecule has 1 atom stereocenters. The highest BCUT2D eigenvalue weighted by molar-refractivity contribution is 5.35. The summed E-state index contributed by atoms with van der Waals surface area (Å²) in [4.78, 5) is 0. The summed E-state index contributed by atoms with van der Waals surface area (Å²) < 4.78 is 13.1. The Hall–Kier alpha value is -1.63. The fourth-order valence-electron chi connectivity index (χ4n) is 1.56. The first-order valence-corrected chi connectivity index (χ1v) is 5.39. The van der Waals surface area contributed by atoms with E-state index in [9.17, 15) is 4.39 Å². The van der Waals surface area contributed by atoms with Gasteiger partial charge in [-0.25, -0.2) is 4.39 Å². The molecule has 0 aliphatic heterocycles. The van der Waals surface area contributed by atoms with Crippen molar-refractivity contribution in [1.29, 1.82) is 0 Å². The molecule has 0 N–H and O–H groups in total. The second kappa shape index (κ2) is 6.06. The van der Waals surface area contributed by atoms with Gasteiger partial charge in [-0.3, -0.25) is 0 Å². The predicted octanol–water partition coefficient (Wildman–Crippen LogP) is 4.62. The predicted molar refractivity (Wildman–Crippen MR) is 67.9 cm³/mol. The highest BCUT2D eigenvalue weighted by Crippen LogP contribution is 2.24. The molecular weight excluding hydrogens is 199 g/mol. The van der Waals surface area contributed by atoms with Crippen molar-refractivity contribution in [3.63, 3.8) is 0 Å². The van der Waals surface area contributed by atoms with Crippen molar-refractivity contribution >= 4 is 0 Å². The average Bonchev–Trinajstić information content (AvgIpc) is 2.29. The van der Waals surface area contributed by atoms with E-state index in [1.807, 2.05) is 44.2 Å². The summed E-state index contributed by atoms with van der Waals surface area (Å²) in [6, 6.07) is 6.69. The van der Waals surface area contributed by atoms with E-state index in [0.29, 0.717) is 0 Å². The molecule has 1 rings (SSSR count). The highest BCUT2D eigenvalue weighted by atomic mass is 19.1. The monoisotopic (exact) mass is 216 g/mol. The van der Waals surface area contributed by atoms with Gasteiger partial charge < -0.3 is 0 Å². The van der Waals surface area contributed by atoms with E-state index >= 15 is 0 Å². The third-order valence-corrected chi connectivity index (χ3v) is 2.57. The Bertz CT molecular complexity index is 413. The molecular formula is C15H17F. The second-order valence-electron chi connectivity index (χ2n) is 3.67. The van der Waals surface area contributed by atoms with E-state index in [4.69, 9.17) is 0 Å². The zero-order chi connectivity index (χ0) is 12.0. The number of allylic oxidation sites excluding steroid dienone is 5. The van der Waals surface area contributed by atoms with Crippen LogP contribution in [0.2, 0.25) is 0 Å². The van der Waals surface area contributed by atoms with Crippen LogP contribution in [0.1, 0.15) is 25.3 Å². The first-order chi connectivity index (χ1) is 7.69. The van der Waals surface area contributed by atoms with Crippen LogP contribution in [0.25, 0.3) is 0 Å². The largest absolute Gasteiger partial charge is 0.207 e. The lowest BCUT2D eigenvalue weighted by Gasteiger charge is -2.12. The lowest BCUT2D eigenvalue weighted by molar-refractivity contribution is 0.624. The third-order valence-electron chi connectivity index (χ3n) is 2.57. The van der Waals surface area contributed by atoms with Crippen molar-refractivity contribution in [3.8, 4) is 0 Å². The first kappa shape index (κ1) is 12.4. The Morgan fingerprint density at radius 3 is 2.75 bits per heavy atom. The molecule has 0 spiro atoms. The standard InChI is InChI=1S/C15H17F/c1-4-6-8-13(5-2)12(3)14-9-7-10-15(16)11-14/h4-12H,2H2,1,3H3/b6-4-,13-8+. The van der Waals surface area contributed by atoms with Crippen LogP contribution in [-0.2, 0) is 0 Å². The van der Waals surface area contributed by atoms with Crippen molar-refractivity contribution in [2.45, 2.75) is 19.8 Å². The van der Waals surface area contributed by atoms with E-state index in [0.717, 1.165) is 11.1 Å². The van der Waals surface area contributed by atoms with E-state index in [1.165, 1.54) is 6.07 Å². The summed E-state index contributed by atoms with van der Waals surface area (Å²) in [5.41, 5.74) is 2.05. The summed E-state index contributed by atoms with van der Waals surface area (Å²) in [7, 11) is 0. The lowest BCUT2D eigenvalue weighted by Crippen LogP contribution is -1.96. The molecule has 0 radical (unpaired) electrons. The molecule has 0 aliphatic rings. The normalized spacial score (nSPS) is 14.1. The molecule has 1 aromatic carbocycles. The Labute approximate surface area is 96.8 Å². The highest BCUT2D eigenvalue weighted by Gasteiger charge is 2.08. The average molecular weight is 216 g/mol. The summed E-state index contributed by atoms with van der Waals surface area (Å²) in [5, 5.41) is 0. The van der Waals surface area contributed by atoms with Crippen LogP contribution in [0, 0.1) is 5.82 Å². The second-order valence-corrected chi connectivity index (χ2v) is 3.67. The molecule has 1 aromatic rings. The van der Waals surface area contributed by atoms with Crippen LogP contribution >= 0.6 is 0 Å². The quantitative estimate of drug-likeness (QED) is 0.644. The van der Waals surface area contributed by atoms with Gasteiger partial charge in [0.25, 0.3) is 0 Å². The van der Waals surface area contributed by atoms with Gasteiger partial charge in [-0.05, 0) is 30.2 Å². The van der Waals surface area contributed by atoms with Crippen LogP contribution in [-0.4, -0.2) is 0 Å². The Balaban J connectivity index is 2.99. The van der Waals surface area contributed by atoms with Crippen LogP contribution in [0.15, 0.2) is 60.7 Å². The molecule has 0 saturated heterocycles. The van der Waals surface area contributed by atoms with E-state index < -0.39 is 0 Å². The van der Waals surface area contributed by atoms with Gasteiger partial charge in [0, 0.05) is 5.92 Å². The fourth-order valence-corrected chi connectivity index (χ4v) is 1.56. The minimum absolute atomic E-state index is 0.157. The van der Waals surface area contributed by atoms with Crippen molar-refractivity contribution < 1.29 is 4.39 Å². The van der Waals surface area contributed by atoms with Crippen molar-refractivity contribution in [3.05, 3.63) is 72.1 Å². The van der Waals surface area contributed by atoms with Crippen LogP contribution in [0.5, 0.6) is 0 Å². The molecule has 1 heteroatoms. The fraction of sp³-hybridized carbons (Fsp3) is 0.200. The Morgan fingerprint density at radius 2 is 2.19 bits per heavy atom. The maximum absolute atomic E-state index is 13.1. The van der Waals surface area contributed by atoms with Gasteiger partial charge in [-0.1, -0.05) is 49.9 Å². The molecule has 84 valence electrons. The molecule has 0 heterocycles. The van der Waals surface area contributed by atoms with Gasteiger partial charge in [0.15, 0.2) is 0 Å². The first-order valence-electron chi connectivity index (χ1n) is 5.39. The topological polar surface area (TPSA) is 0 Å². The number of hydrogen-bond donors (Lipinski definition) is 0. The van der Waals surface area contributed by atoms with Crippen molar-refractivity contribution in [2.24, 2.45) is 0 Å². The van der Waals surface area contributed by atoms with Crippen molar-refractivity contribution in [2.75, 3.05) is 0 Å². The molecule has 0 amide bonds. The summed E-state index contributed by atoms with van der Waals surface area (Å²) in [6.45, 7) is 7.80. The van der Waals surface area contributed by atoms with E-state index in [1.54, 1.807) is 12.1 Å². The van der Waals surface area contributed by atoms with Gasteiger partial charge in [0.05, 0.1) is 0 Å². The minimum atomic E-state index is -0.196. The minimum Gasteiger partial charge on any atom is -0.207 e. The van der Waals surface area contributed by atoms with E-state index in [2.05, 4.69) is 6.58 Å². The summed E-state index contributed by atoms with van der Waals surface area (Å²) in [5.74, 6) is -0.0387. The van der Waals surface area contributed by atoms with Crippen LogP contribution in [0.4, 0.5) is 4.39 Å². The molecule has 16 heavy (non-hydrogen) atoms. The summed E-state index contributed by atoms with van der Waals surface area (Å²) in [6.07, 6.45) is 7.74. The SMILES string of the molecule is C=C/C(=C\C=C/C)C(C)c1cccc(F)c1. The summed E-state index contributed by atoms with van der Waals surface area (Å²) >= 11 is 0. The Morgan fingerprint density at radius 1 is 1.44 bits per heavy atom. The smallest absolute Gasteiger partial charge is 0.123 e. The maximum atomic E-state index is 13.1. The van der Waals surface area contributed by atoms with Gasteiger partial charge in [0.2, 0.25) is 0 Å². The van der Waals surface area contributed by atoms with Gasteiger partial charge in [-0.15, -0.1) is 0 Å². The third kappa shape index (κ3) is 3.20. The van der Waals surface area contributed by atoms with Gasteiger partial charge in [-0.2, -0.15) is 0 Å². The van der Waals surface area contributed by atoms with Crippen LogP contribution < -0.4 is 0 Å². The lowest BCUT2D eigenvalue weighted by atomic mass is 9.92. The number of hydrogen-bond acceptors (Lipinski definition) is 0. The molecule has 0 fully saturated rings. The number of benzene rings is 1.